The van der Waals surface area contributed by atoms with Crippen LogP contribution in [0, 0.1) is 0 Å². The van der Waals surface area contributed by atoms with Crippen LogP contribution in [0.1, 0.15) is 13.8 Å². The Balaban J connectivity index is 4.67. The zero-order chi connectivity index (χ0) is 13.8. The lowest BCUT2D eigenvalue weighted by Gasteiger charge is -2.30. The zero-order valence-electron chi connectivity index (χ0n) is 9.78. The van der Waals surface area contributed by atoms with E-state index in [4.69, 9.17) is 5.11 Å². The molecule has 0 aliphatic rings. The van der Waals surface area contributed by atoms with E-state index < -0.39 is 37.3 Å². The third-order valence-electron chi connectivity index (χ3n) is 1.92. The van der Waals surface area contributed by atoms with Gasteiger partial charge in [0.1, 0.15) is 13.1 Å². The summed E-state index contributed by atoms with van der Waals surface area (Å²) in [6.07, 6.45) is -4.50. The van der Waals surface area contributed by atoms with E-state index in [-0.39, 0.29) is 0 Å². The molecule has 0 aliphatic carbocycles. The van der Waals surface area contributed by atoms with Gasteiger partial charge in [-0.2, -0.15) is 13.2 Å². The molecular weight excluding hydrogens is 241 g/mol. The minimum atomic E-state index is -4.50. The van der Waals surface area contributed by atoms with E-state index in [9.17, 15) is 22.8 Å². The van der Waals surface area contributed by atoms with Crippen molar-refractivity contribution in [3.63, 3.8) is 0 Å². The molecule has 17 heavy (non-hydrogen) atoms. The average molecular weight is 256 g/mol. The smallest absolute Gasteiger partial charge is 0.406 e. The number of carbonyl (C=O) groups is 2. The lowest BCUT2D eigenvalue weighted by Crippen LogP contribution is -2.49. The first-order chi connectivity index (χ1) is 7.54. The molecule has 1 N–H and O–H groups in total. The van der Waals surface area contributed by atoms with Crippen molar-refractivity contribution in [1.82, 2.24) is 9.80 Å². The number of carbonyl (C=O) groups excluding carboxylic acids is 1. The Labute approximate surface area is 96.8 Å². The van der Waals surface area contributed by atoms with Gasteiger partial charge in [-0.15, -0.1) is 0 Å². The summed E-state index contributed by atoms with van der Waals surface area (Å²) in [5, 5.41) is 8.56. The molecule has 0 saturated heterocycles. The van der Waals surface area contributed by atoms with Gasteiger partial charge in [-0.25, -0.2) is 4.79 Å². The molecule has 0 saturated carbocycles. The number of halogens is 3. The highest BCUT2D eigenvalue weighted by Crippen LogP contribution is 2.16. The second kappa shape index (κ2) is 5.74. The number of aliphatic carboxylic acids is 1. The maximum Gasteiger partial charge on any atom is 0.406 e. The van der Waals surface area contributed by atoms with Crippen molar-refractivity contribution in [2.45, 2.75) is 26.1 Å². The Morgan fingerprint density at radius 1 is 1.29 bits per heavy atom. The monoisotopic (exact) mass is 256 g/mol. The van der Waals surface area contributed by atoms with Gasteiger partial charge in [-0.1, -0.05) is 0 Å². The van der Waals surface area contributed by atoms with Gasteiger partial charge in [0, 0.05) is 13.1 Å². The van der Waals surface area contributed by atoms with Crippen LogP contribution in [0.25, 0.3) is 0 Å². The van der Waals surface area contributed by atoms with E-state index in [1.165, 1.54) is 13.8 Å². The highest BCUT2D eigenvalue weighted by Gasteiger charge is 2.33. The van der Waals surface area contributed by atoms with Gasteiger partial charge in [0.05, 0.1) is 0 Å². The minimum absolute atomic E-state index is 0.447. The molecule has 0 aromatic carbocycles. The molecule has 2 amide bonds. The van der Waals surface area contributed by atoms with Gasteiger partial charge < -0.3 is 14.9 Å². The topological polar surface area (TPSA) is 60.9 Å². The number of rotatable bonds is 4. The number of urea groups is 1. The fourth-order valence-corrected chi connectivity index (χ4v) is 1.17. The predicted octanol–water partition coefficient (Wildman–Crippen LogP) is 1.40. The molecule has 0 aliphatic heterocycles. The summed E-state index contributed by atoms with van der Waals surface area (Å²) in [6, 6.07) is -1.45. The highest BCUT2D eigenvalue weighted by atomic mass is 19.4. The van der Waals surface area contributed by atoms with Gasteiger partial charge in [-0.05, 0) is 13.8 Å². The van der Waals surface area contributed by atoms with Crippen LogP contribution in [0.5, 0.6) is 0 Å². The minimum Gasteiger partial charge on any atom is -0.480 e. The molecule has 100 valence electrons. The van der Waals surface area contributed by atoms with Gasteiger partial charge in [-0.3, -0.25) is 4.79 Å². The van der Waals surface area contributed by atoms with Crippen LogP contribution in [0.3, 0.4) is 0 Å². The van der Waals surface area contributed by atoms with E-state index in [1.807, 2.05) is 0 Å². The Hall–Kier alpha value is -1.47. The van der Waals surface area contributed by atoms with E-state index in [0.717, 1.165) is 11.9 Å². The normalized spacial score (nSPS) is 11.5. The first kappa shape index (κ1) is 15.5. The van der Waals surface area contributed by atoms with Crippen LogP contribution in [-0.2, 0) is 4.79 Å². The number of carboxylic acids is 1. The predicted molar refractivity (Wildman–Crippen MR) is 53.6 cm³/mol. The Morgan fingerprint density at radius 2 is 1.76 bits per heavy atom. The van der Waals surface area contributed by atoms with Crippen LogP contribution >= 0.6 is 0 Å². The van der Waals surface area contributed by atoms with Crippen LogP contribution in [-0.4, -0.2) is 59.3 Å². The number of nitrogens with zero attached hydrogens (tertiary/aromatic N) is 2. The van der Waals surface area contributed by atoms with Crippen molar-refractivity contribution in [3.8, 4) is 0 Å². The molecule has 0 fully saturated rings. The molecule has 0 bridgehead atoms. The summed E-state index contributed by atoms with van der Waals surface area (Å²) in [6.45, 7) is 1.03. The lowest BCUT2D eigenvalue weighted by molar-refractivity contribution is -0.140. The summed E-state index contributed by atoms with van der Waals surface area (Å²) in [5.41, 5.74) is 0. The summed E-state index contributed by atoms with van der Waals surface area (Å²) in [5.74, 6) is -1.27. The summed E-state index contributed by atoms with van der Waals surface area (Å²) in [4.78, 5) is 23.4. The van der Waals surface area contributed by atoms with E-state index >= 15 is 0 Å². The highest BCUT2D eigenvalue weighted by molar-refractivity contribution is 5.80. The quantitative estimate of drug-likeness (QED) is 0.827. The molecule has 0 aromatic heterocycles. The number of hydrogen-bond donors (Lipinski definition) is 1. The second-order valence-electron chi connectivity index (χ2n) is 3.87. The van der Waals surface area contributed by atoms with Gasteiger partial charge >= 0.3 is 18.2 Å². The Bertz CT molecular complexity index is 292. The molecule has 0 atom stereocenters. The number of alkyl halides is 3. The second-order valence-corrected chi connectivity index (χ2v) is 3.87. The molecule has 5 nitrogen and oxygen atoms in total. The molecule has 0 radical (unpaired) electrons. The molecule has 0 spiro atoms. The molecule has 0 unspecified atom stereocenters. The van der Waals surface area contributed by atoms with Gasteiger partial charge in [0.25, 0.3) is 0 Å². The van der Waals surface area contributed by atoms with Crippen molar-refractivity contribution >= 4 is 12.0 Å². The first-order valence-electron chi connectivity index (χ1n) is 4.85. The van der Waals surface area contributed by atoms with Crippen molar-refractivity contribution in [3.05, 3.63) is 0 Å². The summed E-state index contributed by atoms with van der Waals surface area (Å²) < 4.78 is 36.2. The third kappa shape index (κ3) is 5.98. The van der Waals surface area contributed by atoms with Crippen molar-refractivity contribution < 1.29 is 27.9 Å². The summed E-state index contributed by atoms with van der Waals surface area (Å²) >= 11 is 0. The number of hydrogen-bond acceptors (Lipinski definition) is 2. The summed E-state index contributed by atoms with van der Waals surface area (Å²) in [7, 11) is 0.979. The third-order valence-corrected chi connectivity index (χ3v) is 1.92. The van der Waals surface area contributed by atoms with Crippen LogP contribution < -0.4 is 0 Å². The Morgan fingerprint density at radius 3 is 2.06 bits per heavy atom. The molecule has 8 heteroatoms. The van der Waals surface area contributed by atoms with Crippen LogP contribution in [0.15, 0.2) is 0 Å². The SMILES string of the molecule is CC(C)N(CC(=O)O)C(=O)N(C)CC(F)(F)F. The van der Waals surface area contributed by atoms with Crippen LogP contribution in [0.2, 0.25) is 0 Å². The van der Waals surface area contributed by atoms with Crippen LogP contribution in [0.4, 0.5) is 18.0 Å². The maximum absolute atomic E-state index is 12.1. The van der Waals surface area contributed by atoms with E-state index in [2.05, 4.69) is 0 Å². The van der Waals surface area contributed by atoms with E-state index in [0.29, 0.717) is 4.90 Å². The molecule has 0 heterocycles. The number of carboxylic acid groups (broad SMARTS) is 1. The lowest BCUT2D eigenvalue weighted by atomic mass is 10.3. The zero-order valence-corrected chi connectivity index (χ0v) is 9.78. The number of amides is 2. The molecular formula is C9H15F3N2O3. The van der Waals surface area contributed by atoms with Crippen molar-refractivity contribution in [2.24, 2.45) is 0 Å². The van der Waals surface area contributed by atoms with Gasteiger partial charge in [0.15, 0.2) is 0 Å². The van der Waals surface area contributed by atoms with Gasteiger partial charge in [0.2, 0.25) is 0 Å². The Kier molecular flexibility index (Phi) is 5.24. The van der Waals surface area contributed by atoms with Crippen molar-refractivity contribution in [2.75, 3.05) is 20.1 Å². The molecule has 0 rings (SSSR count). The first-order valence-corrected chi connectivity index (χ1v) is 4.85. The molecule has 0 aromatic rings. The maximum atomic E-state index is 12.1. The van der Waals surface area contributed by atoms with Crippen molar-refractivity contribution in [1.29, 1.82) is 0 Å². The average Bonchev–Trinajstić information content (AvgIpc) is 2.09. The standard InChI is InChI=1S/C9H15F3N2O3/c1-6(2)14(4-7(15)16)8(17)13(3)5-9(10,11)12/h6H,4-5H2,1-3H3,(H,15,16). The fraction of sp³-hybridized carbons (Fsp3) is 0.778. The van der Waals surface area contributed by atoms with E-state index in [1.54, 1.807) is 0 Å². The fourth-order valence-electron chi connectivity index (χ4n) is 1.17. The largest absolute Gasteiger partial charge is 0.480 e.